The van der Waals surface area contributed by atoms with E-state index in [2.05, 4.69) is 10.4 Å². The van der Waals surface area contributed by atoms with E-state index >= 15 is 0 Å². The molecule has 0 saturated heterocycles. The van der Waals surface area contributed by atoms with E-state index in [1.807, 2.05) is 13.8 Å². The van der Waals surface area contributed by atoms with Crippen molar-refractivity contribution in [3.8, 4) is 0 Å². The Hall–Kier alpha value is -1.85. The molecule has 0 radical (unpaired) electrons. The quantitative estimate of drug-likeness (QED) is 0.863. The molecular weight excluding hydrogens is 258 g/mol. The van der Waals surface area contributed by atoms with Gasteiger partial charge in [0.2, 0.25) is 5.91 Å². The fraction of sp³-hybridized carbons (Fsp3) is 0.643. The number of carboxylic acid groups (broad SMARTS) is 1. The molecule has 1 fully saturated rings. The summed E-state index contributed by atoms with van der Waals surface area (Å²) in [7, 11) is 0. The van der Waals surface area contributed by atoms with Crippen molar-refractivity contribution in [3.63, 3.8) is 0 Å². The average molecular weight is 279 g/mol. The molecule has 20 heavy (non-hydrogen) atoms. The molecule has 0 aromatic carbocycles. The Balaban J connectivity index is 2.05. The van der Waals surface area contributed by atoms with Gasteiger partial charge in [0.25, 0.3) is 0 Å². The third-order valence-corrected chi connectivity index (χ3v) is 4.12. The first-order chi connectivity index (χ1) is 9.55. The largest absolute Gasteiger partial charge is 0.481 e. The fourth-order valence-corrected chi connectivity index (χ4v) is 2.88. The van der Waals surface area contributed by atoms with Gasteiger partial charge in [0, 0.05) is 12.7 Å². The number of hydrogen-bond acceptors (Lipinski definition) is 3. The number of carbonyl (C=O) groups is 2. The summed E-state index contributed by atoms with van der Waals surface area (Å²) in [6.45, 7) is 4.73. The Bertz CT molecular complexity index is 498. The van der Waals surface area contributed by atoms with Gasteiger partial charge in [-0.3, -0.25) is 14.3 Å². The first-order valence-electron chi connectivity index (χ1n) is 7.11. The number of carbonyl (C=O) groups excluding carboxylic acids is 1. The van der Waals surface area contributed by atoms with E-state index in [9.17, 15) is 14.7 Å². The lowest BCUT2D eigenvalue weighted by Gasteiger charge is -2.14. The second kappa shape index (κ2) is 6.07. The Kier molecular flexibility index (Phi) is 4.42. The average Bonchev–Trinajstić information content (AvgIpc) is 3.04. The molecule has 6 heteroatoms. The molecule has 1 aromatic rings. The third kappa shape index (κ3) is 3.00. The van der Waals surface area contributed by atoms with Crippen LogP contribution in [0.1, 0.15) is 33.1 Å². The maximum atomic E-state index is 12.3. The number of aliphatic carboxylic acids is 1. The molecule has 2 rings (SSSR count). The van der Waals surface area contributed by atoms with Crippen molar-refractivity contribution in [2.24, 2.45) is 17.8 Å². The number of nitrogens with zero attached hydrogens (tertiary/aromatic N) is 2. The Morgan fingerprint density at radius 1 is 1.40 bits per heavy atom. The topological polar surface area (TPSA) is 84.2 Å². The minimum Gasteiger partial charge on any atom is -0.481 e. The molecule has 1 aliphatic carbocycles. The number of anilines is 1. The van der Waals surface area contributed by atoms with Gasteiger partial charge in [-0.2, -0.15) is 5.10 Å². The number of amides is 1. The predicted molar refractivity (Wildman–Crippen MR) is 74.2 cm³/mol. The van der Waals surface area contributed by atoms with Crippen LogP contribution in [-0.2, 0) is 16.1 Å². The van der Waals surface area contributed by atoms with E-state index in [0.717, 1.165) is 13.0 Å². The summed E-state index contributed by atoms with van der Waals surface area (Å²) >= 11 is 0. The van der Waals surface area contributed by atoms with Crippen LogP contribution in [0.3, 0.4) is 0 Å². The van der Waals surface area contributed by atoms with Gasteiger partial charge in [0.05, 0.1) is 23.7 Å². The van der Waals surface area contributed by atoms with Crippen LogP contribution < -0.4 is 5.32 Å². The normalized spacial score (nSPS) is 25.6. The molecule has 0 spiro atoms. The summed E-state index contributed by atoms with van der Waals surface area (Å²) in [4.78, 5) is 23.6. The van der Waals surface area contributed by atoms with E-state index in [1.165, 1.54) is 0 Å². The molecule has 1 amide bonds. The Morgan fingerprint density at radius 3 is 2.65 bits per heavy atom. The molecule has 1 heterocycles. The summed E-state index contributed by atoms with van der Waals surface area (Å²) in [5.74, 6) is -1.76. The van der Waals surface area contributed by atoms with Crippen molar-refractivity contribution >= 4 is 17.6 Å². The Morgan fingerprint density at radius 2 is 2.10 bits per heavy atom. The SMILES string of the molecule is CCC1C[C@H](C(=O)Nc2cnn(CC)c2)[C@H](C(=O)O)C1. The molecule has 1 aromatic heterocycles. The minimum absolute atomic E-state index is 0.205. The molecule has 1 aliphatic rings. The van der Waals surface area contributed by atoms with Gasteiger partial charge in [-0.1, -0.05) is 13.3 Å². The molecule has 0 aliphatic heterocycles. The number of aromatic nitrogens is 2. The molecule has 6 nitrogen and oxygen atoms in total. The Labute approximate surface area is 118 Å². The van der Waals surface area contributed by atoms with E-state index in [0.29, 0.717) is 24.4 Å². The van der Waals surface area contributed by atoms with E-state index in [4.69, 9.17) is 0 Å². The van der Waals surface area contributed by atoms with E-state index < -0.39 is 17.8 Å². The van der Waals surface area contributed by atoms with Crippen molar-refractivity contribution in [2.45, 2.75) is 39.7 Å². The van der Waals surface area contributed by atoms with Crippen molar-refractivity contribution in [2.75, 3.05) is 5.32 Å². The zero-order valence-corrected chi connectivity index (χ0v) is 11.9. The highest BCUT2D eigenvalue weighted by Gasteiger charge is 2.42. The van der Waals surface area contributed by atoms with Gasteiger partial charge in [0.1, 0.15) is 0 Å². The van der Waals surface area contributed by atoms with E-state index in [1.54, 1.807) is 17.1 Å². The number of rotatable bonds is 5. The van der Waals surface area contributed by atoms with Crippen LogP contribution in [0.25, 0.3) is 0 Å². The van der Waals surface area contributed by atoms with Gasteiger partial charge in [-0.25, -0.2) is 0 Å². The summed E-state index contributed by atoms with van der Waals surface area (Å²) in [6.07, 6.45) is 5.50. The zero-order valence-electron chi connectivity index (χ0n) is 11.9. The number of nitrogens with one attached hydrogen (secondary N) is 1. The third-order valence-electron chi connectivity index (χ3n) is 4.12. The van der Waals surface area contributed by atoms with Gasteiger partial charge >= 0.3 is 5.97 Å². The van der Waals surface area contributed by atoms with Gasteiger partial charge in [-0.15, -0.1) is 0 Å². The predicted octanol–water partition coefficient (Wildman–Crippen LogP) is 1.98. The second-order valence-electron chi connectivity index (χ2n) is 5.37. The maximum absolute atomic E-state index is 12.3. The van der Waals surface area contributed by atoms with Crippen molar-refractivity contribution in [3.05, 3.63) is 12.4 Å². The molecular formula is C14H21N3O3. The van der Waals surface area contributed by atoms with Crippen molar-refractivity contribution in [1.82, 2.24) is 9.78 Å². The lowest BCUT2D eigenvalue weighted by molar-refractivity contribution is -0.145. The highest BCUT2D eigenvalue weighted by atomic mass is 16.4. The lowest BCUT2D eigenvalue weighted by atomic mass is 9.95. The molecule has 1 saturated carbocycles. The van der Waals surface area contributed by atoms with Crippen LogP contribution in [0.5, 0.6) is 0 Å². The van der Waals surface area contributed by atoms with Gasteiger partial charge in [-0.05, 0) is 25.7 Å². The highest BCUT2D eigenvalue weighted by molar-refractivity contribution is 5.95. The number of hydrogen-bond donors (Lipinski definition) is 2. The first kappa shape index (κ1) is 14.6. The fourth-order valence-electron chi connectivity index (χ4n) is 2.88. The maximum Gasteiger partial charge on any atom is 0.307 e. The van der Waals surface area contributed by atoms with Crippen molar-refractivity contribution < 1.29 is 14.7 Å². The molecule has 1 unspecified atom stereocenters. The first-order valence-corrected chi connectivity index (χ1v) is 7.11. The number of aryl methyl sites for hydroxylation is 1. The minimum atomic E-state index is -0.870. The summed E-state index contributed by atoms with van der Waals surface area (Å²) in [6, 6.07) is 0. The molecule has 0 bridgehead atoms. The highest BCUT2D eigenvalue weighted by Crippen LogP contribution is 2.38. The summed E-state index contributed by atoms with van der Waals surface area (Å²) in [5.41, 5.74) is 0.626. The van der Waals surface area contributed by atoms with Crippen LogP contribution >= 0.6 is 0 Å². The van der Waals surface area contributed by atoms with Crippen LogP contribution in [0.4, 0.5) is 5.69 Å². The van der Waals surface area contributed by atoms with Gasteiger partial charge in [0.15, 0.2) is 0 Å². The summed E-state index contributed by atoms with van der Waals surface area (Å²) < 4.78 is 1.72. The molecule has 110 valence electrons. The van der Waals surface area contributed by atoms with Crippen LogP contribution in [0.2, 0.25) is 0 Å². The zero-order chi connectivity index (χ0) is 14.7. The number of carboxylic acids is 1. The smallest absolute Gasteiger partial charge is 0.307 e. The van der Waals surface area contributed by atoms with Crippen molar-refractivity contribution in [1.29, 1.82) is 0 Å². The summed E-state index contributed by atoms with van der Waals surface area (Å²) in [5, 5.41) is 16.1. The monoisotopic (exact) mass is 279 g/mol. The van der Waals surface area contributed by atoms with Crippen LogP contribution in [0, 0.1) is 17.8 Å². The standard InChI is InChI=1S/C14H21N3O3/c1-3-9-5-11(12(6-9)14(19)20)13(18)16-10-7-15-17(4-2)8-10/h7-9,11-12H,3-6H2,1-2H3,(H,16,18)(H,19,20)/t9?,11-,12+/m0/s1. The van der Waals surface area contributed by atoms with Crippen LogP contribution in [0.15, 0.2) is 12.4 Å². The second-order valence-corrected chi connectivity index (χ2v) is 5.37. The molecule has 3 atom stereocenters. The van der Waals surface area contributed by atoms with Crippen LogP contribution in [-0.4, -0.2) is 26.8 Å². The molecule has 2 N–H and O–H groups in total. The van der Waals surface area contributed by atoms with E-state index in [-0.39, 0.29) is 5.91 Å². The van der Waals surface area contributed by atoms with Gasteiger partial charge < -0.3 is 10.4 Å². The lowest BCUT2D eigenvalue weighted by Crippen LogP contribution is -2.29.